The fourth-order valence-electron chi connectivity index (χ4n) is 1.52. The van der Waals surface area contributed by atoms with Gasteiger partial charge >= 0.3 is 0 Å². The van der Waals surface area contributed by atoms with Gasteiger partial charge in [0.1, 0.15) is 18.2 Å². The number of aromatic nitrogens is 2. The average Bonchev–Trinajstić information content (AvgIpc) is 2.41. The third-order valence-corrected chi connectivity index (χ3v) is 2.38. The van der Waals surface area contributed by atoms with Crippen LogP contribution in [0.15, 0.2) is 36.7 Å². The third-order valence-electron chi connectivity index (χ3n) is 2.38. The summed E-state index contributed by atoms with van der Waals surface area (Å²) in [5.41, 5.74) is 7.14. The van der Waals surface area contributed by atoms with E-state index in [-0.39, 0.29) is 0 Å². The molecule has 0 atom stereocenters. The Labute approximate surface area is 106 Å². The topological polar surface area (TPSA) is 70.3 Å². The van der Waals surface area contributed by atoms with Crippen LogP contribution in [0.4, 0.5) is 5.82 Å². The molecule has 18 heavy (non-hydrogen) atoms. The number of nitrogen functional groups attached to an aromatic ring is 1. The molecular formula is C13H15N3O2. The number of rotatable bonds is 5. The molecule has 0 aliphatic carbocycles. The molecule has 0 unspecified atom stereocenters. The van der Waals surface area contributed by atoms with E-state index in [4.69, 9.17) is 15.2 Å². The molecule has 94 valence electrons. The Balaban J connectivity index is 2.23. The standard InChI is InChI=1S/C13H15N3O2/c1-17-6-7-18-12-5-3-2-4-10(12)11-8-16-13(14)9-15-11/h2-5,8-9H,6-7H2,1H3,(H2,14,16). The smallest absolute Gasteiger partial charge is 0.141 e. The number of nitrogens with two attached hydrogens (primary N) is 1. The second kappa shape index (κ2) is 5.97. The van der Waals surface area contributed by atoms with Crippen LogP contribution in [0.25, 0.3) is 11.3 Å². The lowest BCUT2D eigenvalue weighted by atomic mass is 10.1. The molecular weight excluding hydrogens is 230 g/mol. The maximum atomic E-state index is 5.64. The summed E-state index contributed by atoms with van der Waals surface area (Å²) in [6.07, 6.45) is 3.16. The van der Waals surface area contributed by atoms with Crippen LogP contribution >= 0.6 is 0 Å². The number of hydrogen-bond donors (Lipinski definition) is 1. The number of nitrogens with zero attached hydrogens (tertiary/aromatic N) is 2. The molecule has 0 amide bonds. The van der Waals surface area contributed by atoms with Crippen molar-refractivity contribution in [1.29, 1.82) is 0 Å². The van der Waals surface area contributed by atoms with Gasteiger partial charge in [-0.3, -0.25) is 4.98 Å². The summed E-state index contributed by atoms with van der Waals surface area (Å²) in [6, 6.07) is 7.66. The van der Waals surface area contributed by atoms with E-state index in [2.05, 4.69) is 9.97 Å². The monoisotopic (exact) mass is 245 g/mol. The first-order valence-electron chi connectivity index (χ1n) is 5.60. The van der Waals surface area contributed by atoms with Crippen molar-refractivity contribution in [2.24, 2.45) is 0 Å². The summed E-state index contributed by atoms with van der Waals surface area (Å²) >= 11 is 0. The third kappa shape index (κ3) is 2.95. The minimum atomic E-state index is 0.400. The van der Waals surface area contributed by atoms with E-state index in [1.807, 2.05) is 24.3 Å². The summed E-state index contributed by atoms with van der Waals surface area (Å²) in [5.74, 6) is 1.16. The van der Waals surface area contributed by atoms with Gasteiger partial charge in [0, 0.05) is 12.7 Å². The van der Waals surface area contributed by atoms with Crippen molar-refractivity contribution < 1.29 is 9.47 Å². The van der Waals surface area contributed by atoms with Crippen LogP contribution in [-0.2, 0) is 4.74 Å². The summed E-state index contributed by atoms with van der Waals surface area (Å²) < 4.78 is 10.6. The molecule has 2 aromatic rings. The minimum Gasteiger partial charge on any atom is -0.490 e. The Kier molecular flexibility index (Phi) is 4.09. The number of benzene rings is 1. The molecule has 0 spiro atoms. The quantitative estimate of drug-likeness (QED) is 0.813. The molecule has 0 bridgehead atoms. The number of para-hydroxylation sites is 1. The molecule has 1 heterocycles. The van der Waals surface area contributed by atoms with E-state index in [1.165, 1.54) is 6.20 Å². The minimum absolute atomic E-state index is 0.400. The van der Waals surface area contributed by atoms with Crippen molar-refractivity contribution >= 4 is 5.82 Å². The molecule has 0 fully saturated rings. The molecule has 1 aromatic carbocycles. The van der Waals surface area contributed by atoms with E-state index >= 15 is 0 Å². The molecule has 2 rings (SSSR count). The molecule has 0 saturated heterocycles. The lowest BCUT2D eigenvalue weighted by Gasteiger charge is -2.10. The fourth-order valence-corrected chi connectivity index (χ4v) is 1.52. The molecule has 0 saturated carbocycles. The van der Waals surface area contributed by atoms with Crippen LogP contribution in [0.1, 0.15) is 0 Å². The lowest BCUT2D eigenvalue weighted by molar-refractivity contribution is 0.146. The Bertz CT molecular complexity index is 500. The Morgan fingerprint density at radius 3 is 2.67 bits per heavy atom. The van der Waals surface area contributed by atoms with E-state index in [0.717, 1.165) is 17.0 Å². The first kappa shape index (κ1) is 12.3. The van der Waals surface area contributed by atoms with Crippen molar-refractivity contribution in [3.05, 3.63) is 36.7 Å². The van der Waals surface area contributed by atoms with Crippen molar-refractivity contribution in [2.75, 3.05) is 26.1 Å². The predicted octanol–water partition coefficient (Wildman–Crippen LogP) is 1.75. The highest BCUT2D eigenvalue weighted by atomic mass is 16.5. The van der Waals surface area contributed by atoms with Crippen LogP contribution in [0.5, 0.6) is 5.75 Å². The van der Waals surface area contributed by atoms with Crippen molar-refractivity contribution in [1.82, 2.24) is 9.97 Å². The van der Waals surface area contributed by atoms with Gasteiger partial charge in [0.2, 0.25) is 0 Å². The molecule has 2 N–H and O–H groups in total. The number of anilines is 1. The van der Waals surface area contributed by atoms with Crippen LogP contribution in [0.3, 0.4) is 0 Å². The van der Waals surface area contributed by atoms with Crippen molar-refractivity contribution in [3.63, 3.8) is 0 Å². The van der Waals surface area contributed by atoms with Crippen LogP contribution in [0.2, 0.25) is 0 Å². The highest BCUT2D eigenvalue weighted by Gasteiger charge is 2.07. The maximum Gasteiger partial charge on any atom is 0.141 e. The van der Waals surface area contributed by atoms with Gasteiger partial charge in [-0.1, -0.05) is 12.1 Å². The van der Waals surface area contributed by atoms with Gasteiger partial charge < -0.3 is 15.2 Å². The molecule has 1 aromatic heterocycles. The van der Waals surface area contributed by atoms with E-state index in [0.29, 0.717) is 19.0 Å². The van der Waals surface area contributed by atoms with Gasteiger partial charge in [0.15, 0.2) is 0 Å². The number of hydrogen-bond acceptors (Lipinski definition) is 5. The summed E-state index contributed by atoms with van der Waals surface area (Å²) in [5, 5.41) is 0. The van der Waals surface area contributed by atoms with Crippen molar-refractivity contribution in [2.45, 2.75) is 0 Å². The Morgan fingerprint density at radius 1 is 1.11 bits per heavy atom. The highest BCUT2D eigenvalue weighted by molar-refractivity contribution is 5.66. The fraction of sp³-hybridized carbons (Fsp3) is 0.231. The van der Waals surface area contributed by atoms with Gasteiger partial charge in [0.05, 0.1) is 24.7 Å². The average molecular weight is 245 g/mol. The zero-order chi connectivity index (χ0) is 12.8. The first-order valence-corrected chi connectivity index (χ1v) is 5.60. The molecule has 0 aliphatic heterocycles. The van der Waals surface area contributed by atoms with Crippen LogP contribution < -0.4 is 10.5 Å². The van der Waals surface area contributed by atoms with Gasteiger partial charge in [-0.05, 0) is 12.1 Å². The van der Waals surface area contributed by atoms with E-state index in [9.17, 15) is 0 Å². The summed E-state index contributed by atoms with van der Waals surface area (Å²) in [7, 11) is 1.64. The summed E-state index contributed by atoms with van der Waals surface area (Å²) in [4.78, 5) is 8.27. The van der Waals surface area contributed by atoms with Gasteiger partial charge in [-0.2, -0.15) is 0 Å². The molecule has 0 radical (unpaired) electrons. The lowest BCUT2D eigenvalue weighted by Crippen LogP contribution is -2.05. The van der Waals surface area contributed by atoms with E-state index in [1.54, 1.807) is 13.3 Å². The Morgan fingerprint density at radius 2 is 1.94 bits per heavy atom. The maximum absolute atomic E-state index is 5.64. The van der Waals surface area contributed by atoms with E-state index < -0.39 is 0 Å². The normalized spacial score (nSPS) is 10.3. The largest absolute Gasteiger partial charge is 0.490 e. The Hall–Kier alpha value is -2.14. The van der Waals surface area contributed by atoms with Crippen LogP contribution in [0, 0.1) is 0 Å². The number of ether oxygens (including phenoxy) is 2. The zero-order valence-electron chi connectivity index (χ0n) is 10.2. The molecule has 5 heteroatoms. The second-order valence-corrected chi connectivity index (χ2v) is 3.66. The SMILES string of the molecule is COCCOc1ccccc1-c1cnc(N)cn1. The molecule has 5 nitrogen and oxygen atoms in total. The van der Waals surface area contributed by atoms with Crippen molar-refractivity contribution in [3.8, 4) is 17.0 Å². The summed E-state index contributed by atoms with van der Waals surface area (Å²) in [6.45, 7) is 1.04. The number of methoxy groups -OCH3 is 1. The predicted molar refractivity (Wildman–Crippen MR) is 69.3 cm³/mol. The highest BCUT2D eigenvalue weighted by Crippen LogP contribution is 2.27. The van der Waals surface area contributed by atoms with Gasteiger partial charge in [-0.25, -0.2) is 4.98 Å². The first-order chi connectivity index (χ1) is 8.81. The van der Waals surface area contributed by atoms with Crippen LogP contribution in [-0.4, -0.2) is 30.3 Å². The second-order valence-electron chi connectivity index (χ2n) is 3.66. The van der Waals surface area contributed by atoms with Gasteiger partial charge in [0.25, 0.3) is 0 Å². The molecule has 0 aliphatic rings. The van der Waals surface area contributed by atoms with Gasteiger partial charge in [-0.15, -0.1) is 0 Å². The zero-order valence-corrected chi connectivity index (χ0v) is 10.2.